The number of aryl methyl sites for hydroxylation is 1. The van der Waals surface area contributed by atoms with Gasteiger partial charge in [0.1, 0.15) is 0 Å². The molecular formula is C13H17NO4S. The Labute approximate surface area is 113 Å². The van der Waals surface area contributed by atoms with Crippen molar-refractivity contribution in [2.45, 2.75) is 24.7 Å². The maximum atomic E-state index is 12.3. The van der Waals surface area contributed by atoms with Gasteiger partial charge in [-0.15, -0.1) is 0 Å². The molecule has 6 heteroatoms. The van der Waals surface area contributed by atoms with Gasteiger partial charge < -0.3 is 0 Å². The molecule has 5 nitrogen and oxygen atoms in total. The molecule has 0 radical (unpaired) electrons. The van der Waals surface area contributed by atoms with Gasteiger partial charge in [0, 0.05) is 18.4 Å². The first-order valence-electron chi connectivity index (χ1n) is 6.15. The van der Waals surface area contributed by atoms with Gasteiger partial charge in [0.25, 0.3) is 5.91 Å². The molecule has 0 atom stereocenters. The number of carbonyl (C=O) groups is 1. The summed E-state index contributed by atoms with van der Waals surface area (Å²) in [7, 11) is -3.32. The van der Waals surface area contributed by atoms with Gasteiger partial charge in [0.2, 0.25) is 0 Å². The number of rotatable bonds is 2. The third kappa shape index (κ3) is 3.13. The van der Waals surface area contributed by atoms with Gasteiger partial charge in [-0.1, -0.05) is 6.07 Å². The molecule has 0 aliphatic carbocycles. The minimum absolute atomic E-state index is 0.151. The Hall–Kier alpha value is -1.40. The summed E-state index contributed by atoms with van der Waals surface area (Å²) < 4.78 is 23.1. The van der Waals surface area contributed by atoms with E-state index in [1.807, 2.05) is 0 Å². The van der Waals surface area contributed by atoms with Gasteiger partial charge in [0.15, 0.2) is 9.84 Å². The van der Waals surface area contributed by atoms with E-state index in [0.717, 1.165) is 24.7 Å². The molecule has 19 heavy (non-hydrogen) atoms. The second-order valence-electron chi connectivity index (χ2n) is 4.70. The number of hydrogen-bond acceptors (Lipinski definition) is 4. The van der Waals surface area contributed by atoms with Crippen LogP contribution in [0.25, 0.3) is 0 Å². The number of nitrogens with zero attached hydrogens (tertiary/aromatic N) is 1. The van der Waals surface area contributed by atoms with E-state index in [1.54, 1.807) is 13.0 Å². The summed E-state index contributed by atoms with van der Waals surface area (Å²) in [4.78, 5) is 17.8. The van der Waals surface area contributed by atoms with E-state index in [9.17, 15) is 13.2 Å². The molecular weight excluding hydrogens is 266 g/mol. The number of amides is 1. The van der Waals surface area contributed by atoms with Crippen molar-refractivity contribution in [1.29, 1.82) is 0 Å². The lowest BCUT2D eigenvalue weighted by Gasteiger charge is -2.26. The number of hydrogen-bond donors (Lipinski definition) is 0. The van der Waals surface area contributed by atoms with Gasteiger partial charge >= 0.3 is 0 Å². The van der Waals surface area contributed by atoms with Crippen molar-refractivity contribution >= 4 is 15.7 Å². The molecule has 1 fully saturated rings. The Bertz CT molecular complexity index is 589. The third-order valence-electron chi connectivity index (χ3n) is 3.10. The summed E-state index contributed by atoms with van der Waals surface area (Å²) >= 11 is 0. The quantitative estimate of drug-likeness (QED) is 0.826. The average Bonchev–Trinajstić information content (AvgIpc) is 2.38. The van der Waals surface area contributed by atoms with Crippen LogP contribution in [0.1, 0.15) is 28.8 Å². The maximum absolute atomic E-state index is 12.3. The lowest BCUT2D eigenvalue weighted by Crippen LogP contribution is -2.36. The molecule has 2 rings (SSSR count). The van der Waals surface area contributed by atoms with Crippen LogP contribution in [0.5, 0.6) is 0 Å². The second-order valence-corrected chi connectivity index (χ2v) is 6.71. The van der Waals surface area contributed by atoms with Crippen molar-refractivity contribution in [3.8, 4) is 0 Å². The van der Waals surface area contributed by atoms with E-state index in [0.29, 0.717) is 18.7 Å². The number of sulfone groups is 1. The van der Waals surface area contributed by atoms with Crippen molar-refractivity contribution in [3.63, 3.8) is 0 Å². The summed E-state index contributed by atoms with van der Waals surface area (Å²) in [5.41, 5.74) is 1.12. The van der Waals surface area contributed by atoms with Crippen LogP contribution in [0.4, 0.5) is 0 Å². The van der Waals surface area contributed by atoms with E-state index in [2.05, 4.69) is 0 Å². The third-order valence-corrected chi connectivity index (χ3v) is 4.21. The lowest BCUT2D eigenvalue weighted by atomic mass is 10.1. The molecule has 1 aliphatic heterocycles. The molecule has 0 spiro atoms. The van der Waals surface area contributed by atoms with E-state index < -0.39 is 9.84 Å². The molecule has 0 bridgehead atoms. The van der Waals surface area contributed by atoms with Crippen LogP contribution in [-0.2, 0) is 14.7 Å². The smallest absolute Gasteiger partial charge is 0.271 e. The Morgan fingerprint density at radius 1 is 1.32 bits per heavy atom. The van der Waals surface area contributed by atoms with Gasteiger partial charge in [0.05, 0.1) is 11.5 Å². The molecule has 1 saturated heterocycles. The van der Waals surface area contributed by atoms with Crippen LogP contribution in [0, 0.1) is 6.92 Å². The summed E-state index contributed by atoms with van der Waals surface area (Å²) in [6.45, 7) is 2.85. The highest BCUT2D eigenvalue weighted by molar-refractivity contribution is 7.90. The van der Waals surface area contributed by atoms with Crippen molar-refractivity contribution < 1.29 is 18.0 Å². The van der Waals surface area contributed by atoms with Crippen molar-refractivity contribution in [3.05, 3.63) is 29.3 Å². The lowest BCUT2D eigenvalue weighted by molar-refractivity contribution is -0.144. The van der Waals surface area contributed by atoms with Gasteiger partial charge in [-0.2, -0.15) is 0 Å². The van der Waals surface area contributed by atoms with Crippen LogP contribution >= 0.6 is 0 Å². The molecule has 0 unspecified atom stereocenters. The highest BCUT2D eigenvalue weighted by Gasteiger charge is 2.22. The predicted molar refractivity (Wildman–Crippen MR) is 70.5 cm³/mol. The fraction of sp³-hybridized carbons (Fsp3) is 0.462. The predicted octanol–water partition coefficient (Wildman–Crippen LogP) is 1.57. The van der Waals surface area contributed by atoms with Gasteiger partial charge in [-0.3, -0.25) is 9.63 Å². The minimum Gasteiger partial charge on any atom is -0.271 e. The molecule has 1 aromatic carbocycles. The first kappa shape index (κ1) is 14.0. The normalized spacial score (nSPS) is 16.4. The Balaban J connectivity index is 2.35. The van der Waals surface area contributed by atoms with Crippen molar-refractivity contribution in [2.24, 2.45) is 0 Å². The maximum Gasteiger partial charge on any atom is 0.277 e. The van der Waals surface area contributed by atoms with Crippen molar-refractivity contribution in [2.75, 3.05) is 19.4 Å². The zero-order valence-electron chi connectivity index (χ0n) is 11.0. The summed E-state index contributed by atoms with van der Waals surface area (Å²) in [6.07, 6.45) is 2.96. The highest BCUT2D eigenvalue weighted by Crippen LogP contribution is 2.19. The van der Waals surface area contributed by atoms with E-state index in [-0.39, 0.29) is 10.8 Å². The van der Waals surface area contributed by atoms with Crippen LogP contribution in [0.3, 0.4) is 0 Å². The first-order chi connectivity index (χ1) is 8.89. The molecule has 1 aromatic rings. The summed E-state index contributed by atoms with van der Waals surface area (Å²) in [5, 5.41) is 1.32. The molecule has 0 N–H and O–H groups in total. The largest absolute Gasteiger partial charge is 0.277 e. The van der Waals surface area contributed by atoms with E-state index in [4.69, 9.17) is 4.84 Å². The molecule has 0 saturated carbocycles. The molecule has 0 aromatic heterocycles. The van der Waals surface area contributed by atoms with E-state index in [1.165, 1.54) is 17.2 Å². The zero-order chi connectivity index (χ0) is 14.0. The summed E-state index contributed by atoms with van der Waals surface area (Å²) in [5.74, 6) is -0.275. The fourth-order valence-corrected chi connectivity index (χ4v) is 2.60. The second kappa shape index (κ2) is 5.30. The molecule has 1 heterocycles. The first-order valence-corrected chi connectivity index (χ1v) is 8.04. The standard InChI is InChI=1S/C13H17NO4S/c1-10-5-6-11(19(2,16)17)9-12(10)13(15)14-7-3-4-8-18-14/h5-6,9H,3-4,7-8H2,1-2H3. The Morgan fingerprint density at radius 2 is 2.05 bits per heavy atom. The van der Waals surface area contributed by atoms with Crippen LogP contribution in [-0.4, -0.2) is 38.8 Å². The number of hydroxylamine groups is 2. The molecule has 1 aliphatic rings. The fourth-order valence-electron chi connectivity index (χ4n) is 1.95. The number of carbonyl (C=O) groups excluding carboxylic acids is 1. The molecule has 104 valence electrons. The zero-order valence-corrected chi connectivity index (χ0v) is 11.9. The summed E-state index contributed by atoms with van der Waals surface area (Å²) in [6, 6.07) is 4.58. The van der Waals surface area contributed by atoms with Crippen molar-refractivity contribution in [1.82, 2.24) is 5.06 Å². The average molecular weight is 283 g/mol. The Kier molecular flexibility index (Phi) is 3.91. The SMILES string of the molecule is Cc1ccc(S(C)(=O)=O)cc1C(=O)N1CCCCO1. The highest BCUT2D eigenvalue weighted by atomic mass is 32.2. The topological polar surface area (TPSA) is 63.7 Å². The van der Waals surface area contributed by atoms with Crippen LogP contribution in [0.2, 0.25) is 0 Å². The van der Waals surface area contributed by atoms with Crippen LogP contribution in [0.15, 0.2) is 23.1 Å². The molecule has 1 amide bonds. The van der Waals surface area contributed by atoms with Gasteiger partial charge in [-0.05, 0) is 37.5 Å². The minimum atomic E-state index is -3.32. The Morgan fingerprint density at radius 3 is 2.63 bits per heavy atom. The van der Waals surface area contributed by atoms with E-state index >= 15 is 0 Å². The number of benzene rings is 1. The van der Waals surface area contributed by atoms with Gasteiger partial charge in [-0.25, -0.2) is 13.5 Å². The monoisotopic (exact) mass is 283 g/mol. The van der Waals surface area contributed by atoms with Crippen LogP contribution < -0.4 is 0 Å².